The average molecular weight is 488 g/mol. The Balaban J connectivity index is 1.43. The third-order valence-corrected chi connectivity index (χ3v) is 8.47. The highest BCUT2D eigenvalue weighted by Gasteiger charge is 2.36. The van der Waals surface area contributed by atoms with Gasteiger partial charge in [-0.1, -0.05) is 49.6 Å². The van der Waals surface area contributed by atoms with E-state index in [2.05, 4.69) is 34.6 Å². The summed E-state index contributed by atoms with van der Waals surface area (Å²) in [6.07, 6.45) is 11.6. The molecule has 3 atom stereocenters. The second-order valence-electron chi connectivity index (χ2n) is 10.8. The number of piperidine rings is 1. The van der Waals surface area contributed by atoms with Gasteiger partial charge in [-0.3, -0.25) is 14.6 Å². The molecule has 5 heteroatoms. The Morgan fingerprint density at radius 3 is 2.39 bits per heavy atom. The molecule has 0 spiro atoms. The van der Waals surface area contributed by atoms with E-state index in [1.807, 2.05) is 35.2 Å². The van der Waals surface area contributed by atoms with Gasteiger partial charge in [-0.25, -0.2) is 0 Å². The van der Waals surface area contributed by atoms with E-state index in [0.29, 0.717) is 17.8 Å². The van der Waals surface area contributed by atoms with Gasteiger partial charge in [-0.15, -0.1) is 6.58 Å². The van der Waals surface area contributed by atoms with Gasteiger partial charge in [0.25, 0.3) is 5.91 Å². The molecule has 3 saturated heterocycles. The van der Waals surface area contributed by atoms with Crippen molar-refractivity contribution in [1.82, 2.24) is 14.7 Å². The number of carbonyl (C=O) groups is 1. The van der Waals surface area contributed by atoms with E-state index < -0.39 is 0 Å². The van der Waals surface area contributed by atoms with Crippen molar-refractivity contribution in [2.75, 3.05) is 32.7 Å². The summed E-state index contributed by atoms with van der Waals surface area (Å²) in [5.41, 5.74) is 3.06. The average Bonchev–Trinajstić information content (AvgIpc) is 3.22. The number of benzene rings is 2. The maximum atomic E-state index is 13.2. The Morgan fingerprint density at radius 2 is 1.67 bits per heavy atom. The molecule has 2 bridgehead atoms. The smallest absolute Gasteiger partial charge is 0.253 e. The number of fused-ring (bicyclic) bond motifs is 2. The zero-order valence-corrected chi connectivity index (χ0v) is 21.5. The largest absolute Gasteiger partial charge is 0.508 e. The van der Waals surface area contributed by atoms with Gasteiger partial charge in [-0.05, 0) is 67.5 Å². The van der Waals surface area contributed by atoms with Crippen LogP contribution in [0, 0.1) is 0 Å². The Labute approximate surface area is 216 Å². The zero-order chi connectivity index (χ0) is 24.9. The number of amides is 1. The molecule has 2 aromatic carbocycles. The predicted molar refractivity (Wildman–Crippen MR) is 145 cm³/mol. The third-order valence-electron chi connectivity index (χ3n) is 8.47. The molecule has 3 aliphatic heterocycles. The molecule has 5 rings (SSSR count). The van der Waals surface area contributed by atoms with Crippen LogP contribution in [0.15, 0.2) is 61.2 Å². The predicted octanol–water partition coefficient (Wildman–Crippen LogP) is 5.61. The monoisotopic (exact) mass is 487 g/mol. The maximum absolute atomic E-state index is 13.2. The summed E-state index contributed by atoms with van der Waals surface area (Å²) in [6.45, 7) is 8.72. The third kappa shape index (κ3) is 5.52. The van der Waals surface area contributed by atoms with Crippen LogP contribution in [0.2, 0.25) is 0 Å². The van der Waals surface area contributed by atoms with Crippen LogP contribution in [-0.2, 0) is 0 Å². The van der Waals surface area contributed by atoms with E-state index in [-0.39, 0.29) is 11.9 Å². The molecule has 0 aromatic heterocycles. The van der Waals surface area contributed by atoms with Gasteiger partial charge >= 0.3 is 0 Å². The van der Waals surface area contributed by atoms with E-state index in [9.17, 15) is 9.90 Å². The van der Waals surface area contributed by atoms with E-state index in [1.165, 1.54) is 37.7 Å². The van der Waals surface area contributed by atoms with Crippen LogP contribution in [0.4, 0.5) is 0 Å². The second kappa shape index (κ2) is 11.6. The first kappa shape index (κ1) is 25.0. The SMILES string of the molecule is C=CCN1C2CCCC1CN(C(c1ccc(C(=O)N3CCCCCC3)cc1)c1cccc(O)c1)CC2. The highest BCUT2D eigenvalue weighted by atomic mass is 16.3. The fourth-order valence-electron chi connectivity index (χ4n) is 6.66. The van der Waals surface area contributed by atoms with Crippen molar-refractivity contribution >= 4 is 5.91 Å². The number of phenolic OH excluding ortho intramolecular Hbond substituents is 1. The van der Waals surface area contributed by atoms with Gasteiger partial charge in [0.05, 0.1) is 6.04 Å². The lowest BCUT2D eigenvalue weighted by Crippen LogP contribution is -2.48. The van der Waals surface area contributed by atoms with Crippen molar-refractivity contribution in [3.05, 3.63) is 77.9 Å². The highest BCUT2D eigenvalue weighted by molar-refractivity contribution is 5.94. The summed E-state index contributed by atoms with van der Waals surface area (Å²) in [6, 6.07) is 17.2. The quantitative estimate of drug-likeness (QED) is 0.538. The standard InChI is InChI=1S/C31H41N3O2/c1-2-18-34-27-10-8-11-28(34)23-33(21-17-27)30(26-9-7-12-29(35)22-26)24-13-15-25(16-14-24)31(36)32-19-5-3-4-6-20-32/h2,7,9,12-16,22,27-28,30,35H,1,3-6,8,10-11,17-21,23H2. The molecule has 0 saturated carbocycles. The molecule has 0 aliphatic carbocycles. The number of carbonyl (C=O) groups excluding carboxylic acids is 1. The number of likely N-dealkylation sites (tertiary alicyclic amines) is 1. The topological polar surface area (TPSA) is 47.0 Å². The Hall–Kier alpha value is -2.63. The van der Waals surface area contributed by atoms with Crippen molar-refractivity contribution in [2.45, 2.75) is 69.5 Å². The second-order valence-corrected chi connectivity index (χ2v) is 10.8. The molecule has 2 aromatic rings. The summed E-state index contributed by atoms with van der Waals surface area (Å²) in [7, 11) is 0. The summed E-state index contributed by atoms with van der Waals surface area (Å²) >= 11 is 0. The lowest BCUT2D eigenvalue weighted by atomic mass is 9.94. The lowest BCUT2D eigenvalue weighted by molar-refractivity contribution is 0.0761. The first-order chi connectivity index (χ1) is 17.6. The van der Waals surface area contributed by atoms with E-state index in [4.69, 9.17) is 0 Å². The van der Waals surface area contributed by atoms with E-state index >= 15 is 0 Å². The van der Waals surface area contributed by atoms with Crippen molar-refractivity contribution in [3.63, 3.8) is 0 Å². The number of hydrogen-bond donors (Lipinski definition) is 1. The fraction of sp³-hybridized carbons (Fsp3) is 0.516. The molecule has 0 radical (unpaired) electrons. The fourth-order valence-corrected chi connectivity index (χ4v) is 6.66. The Morgan fingerprint density at radius 1 is 0.917 bits per heavy atom. The molecule has 36 heavy (non-hydrogen) atoms. The summed E-state index contributed by atoms with van der Waals surface area (Å²) < 4.78 is 0. The first-order valence-corrected chi connectivity index (χ1v) is 13.9. The number of phenols is 1. The van der Waals surface area contributed by atoms with Crippen molar-refractivity contribution in [2.24, 2.45) is 0 Å². The molecule has 3 heterocycles. The number of rotatable bonds is 6. The minimum atomic E-state index is 0.0457. The molecule has 192 valence electrons. The molecule has 3 unspecified atom stereocenters. The van der Waals surface area contributed by atoms with Gasteiger partial charge in [-0.2, -0.15) is 0 Å². The van der Waals surface area contributed by atoms with Gasteiger partial charge < -0.3 is 10.0 Å². The Bertz CT molecular complexity index is 1030. The summed E-state index contributed by atoms with van der Waals surface area (Å²) in [5.74, 6) is 0.452. The molecule has 3 fully saturated rings. The van der Waals surface area contributed by atoms with E-state index in [1.54, 1.807) is 6.07 Å². The number of nitrogens with zero attached hydrogens (tertiary/aromatic N) is 3. The van der Waals surface area contributed by atoms with Crippen LogP contribution in [-0.4, -0.2) is 70.5 Å². The number of aromatic hydroxyl groups is 1. The van der Waals surface area contributed by atoms with Crippen molar-refractivity contribution in [1.29, 1.82) is 0 Å². The summed E-state index contributed by atoms with van der Waals surface area (Å²) in [5, 5.41) is 10.3. The molecule has 5 nitrogen and oxygen atoms in total. The summed E-state index contributed by atoms with van der Waals surface area (Å²) in [4.78, 5) is 20.5. The normalized spacial score (nSPS) is 24.5. The van der Waals surface area contributed by atoms with Gasteiger partial charge in [0, 0.05) is 50.4 Å². The van der Waals surface area contributed by atoms with Crippen LogP contribution in [0.5, 0.6) is 5.75 Å². The molecule has 1 N–H and O–H groups in total. The molecular weight excluding hydrogens is 446 g/mol. The van der Waals surface area contributed by atoms with Gasteiger partial charge in [0.15, 0.2) is 0 Å². The minimum Gasteiger partial charge on any atom is -0.508 e. The van der Waals surface area contributed by atoms with Crippen molar-refractivity contribution < 1.29 is 9.90 Å². The highest BCUT2D eigenvalue weighted by Crippen LogP contribution is 2.36. The number of hydrogen-bond acceptors (Lipinski definition) is 4. The van der Waals surface area contributed by atoms with Crippen LogP contribution in [0.1, 0.15) is 78.9 Å². The molecule has 3 aliphatic rings. The first-order valence-electron chi connectivity index (χ1n) is 13.9. The maximum Gasteiger partial charge on any atom is 0.253 e. The lowest BCUT2D eigenvalue weighted by Gasteiger charge is -2.41. The Kier molecular flexibility index (Phi) is 8.08. The molecular formula is C31H41N3O2. The van der Waals surface area contributed by atoms with Gasteiger partial charge in [0.2, 0.25) is 0 Å². The van der Waals surface area contributed by atoms with Crippen LogP contribution >= 0.6 is 0 Å². The van der Waals surface area contributed by atoms with Gasteiger partial charge in [0.1, 0.15) is 5.75 Å². The zero-order valence-electron chi connectivity index (χ0n) is 21.5. The van der Waals surface area contributed by atoms with Crippen LogP contribution in [0.3, 0.4) is 0 Å². The van der Waals surface area contributed by atoms with Crippen LogP contribution < -0.4 is 0 Å². The molecule has 1 amide bonds. The van der Waals surface area contributed by atoms with Crippen molar-refractivity contribution in [3.8, 4) is 5.75 Å². The minimum absolute atomic E-state index is 0.0457. The van der Waals surface area contributed by atoms with E-state index in [0.717, 1.165) is 63.1 Å². The van der Waals surface area contributed by atoms with Crippen LogP contribution in [0.25, 0.3) is 0 Å².